The van der Waals surface area contributed by atoms with Crippen LogP contribution in [0.25, 0.3) is 0 Å². The zero-order valence-corrected chi connectivity index (χ0v) is 18.5. The van der Waals surface area contributed by atoms with E-state index in [1.165, 1.54) is 31.4 Å². The first-order valence-electron chi connectivity index (χ1n) is 9.84. The van der Waals surface area contributed by atoms with E-state index in [0.717, 1.165) is 6.20 Å². The number of esters is 1. The van der Waals surface area contributed by atoms with Crippen molar-refractivity contribution < 1.29 is 27.5 Å². The maximum absolute atomic E-state index is 12.7. The van der Waals surface area contributed by atoms with Crippen LogP contribution in [0.2, 0.25) is 0 Å². The molecule has 0 aliphatic heterocycles. The van der Waals surface area contributed by atoms with Crippen LogP contribution in [-0.4, -0.2) is 44.8 Å². The van der Waals surface area contributed by atoms with Crippen LogP contribution in [0.4, 0.5) is 0 Å². The summed E-state index contributed by atoms with van der Waals surface area (Å²) in [6, 6.07) is 17.4. The van der Waals surface area contributed by atoms with Crippen LogP contribution in [0.3, 0.4) is 0 Å². The van der Waals surface area contributed by atoms with Gasteiger partial charge in [-0.25, -0.2) is 22.9 Å². The number of aromatic nitrogens is 1. The molecule has 2 amide bonds. The number of carbonyl (C=O) groups excluding carboxylic acids is 3. The van der Waals surface area contributed by atoms with Crippen LogP contribution in [0.5, 0.6) is 0 Å². The molecule has 2 N–H and O–H groups in total. The number of hydrogen-bond donors (Lipinski definition) is 2. The van der Waals surface area contributed by atoms with Crippen LogP contribution in [0.15, 0.2) is 77.8 Å². The number of pyridine rings is 1. The molecule has 33 heavy (non-hydrogen) atoms. The van der Waals surface area contributed by atoms with Crippen LogP contribution in [0.1, 0.15) is 36.8 Å². The third-order valence-corrected chi connectivity index (χ3v) is 5.92. The summed E-state index contributed by atoms with van der Waals surface area (Å²) >= 11 is 0. The lowest BCUT2D eigenvalue weighted by atomic mass is 10.1. The van der Waals surface area contributed by atoms with Crippen molar-refractivity contribution in [2.45, 2.75) is 11.3 Å². The van der Waals surface area contributed by atoms with Crippen molar-refractivity contribution in [2.24, 2.45) is 0 Å². The van der Waals surface area contributed by atoms with Gasteiger partial charge in [0, 0.05) is 18.3 Å². The minimum atomic E-state index is -4.15. The minimum absolute atomic E-state index is 0.0102. The highest BCUT2D eigenvalue weighted by molar-refractivity contribution is 7.90. The third-order valence-electron chi connectivity index (χ3n) is 4.59. The van der Waals surface area contributed by atoms with E-state index in [9.17, 15) is 22.8 Å². The summed E-state index contributed by atoms with van der Waals surface area (Å²) < 4.78 is 31.8. The van der Waals surface area contributed by atoms with Crippen LogP contribution in [-0.2, 0) is 21.2 Å². The Morgan fingerprint density at radius 1 is 0.909 bits per heavy atom. The molecular formula is C23H21N3O6S. The van der Waals surface area contributed by atoms with E-state index in [0.29, 0.717) is 24.1 Å². The Bertz CT molecular complexity index is 1260. The quantitative estimate of drug-likeness (QED) is 0.484. The molecule has 0 saturated heterocycles. The predicted molar refractivity (Wildman–Crippen MR) is 119 cm³/mol. The molecule has 0 unspecified atom stereocenters. The Kier molecular flexibility index (Phi) is 7.52. The Balaban J connectivity index is 1.62. The first kappa shape index (κ1) is 23.6. The summed E-state index contributed by atoms with van der Waals surface area (Å²) in [5.41, 5.74) is 1.16. The summed E-state index contributed by atoms with van der Waals surface area (Å²) in [7, 11) is -2.95. The minimum Gasteiger partial charge on any atom is -0.464 e. The van der Waals surface area contributed by atoms with E-state index in [1.54, 1.807) is 36.4 Å². The molecule has 10 heteroatoms. The number of rotatable bonds is 8. The number of carbonyl (C=O) groups is 3. The molecular weight excluding hydrogens is 446 g/mol. The van der Waals surface area contributed by atoms with Crippen molar-refractivity contribution in [3.8, 4) is 0 Å². The second-order valence-electron chi connectivity index (χ2n) is 6.88. The maximum atomic E-state index is 12.7. The van der Waals surface area contributed by atoms with Crippen LogP contribution < -0.4 is 10.0 Å². The largest absolute Gasteiger partial charge is 0.464 e. The topological polar surface area (TPSA) is 132 Å². The highest BCUT2D eigenvalue weighted by Gasteiger charge is 2.20. The second kappa shape index (κ2) is 10.5. The fourth-order valence-electron chi connectivity index (χ4n) is 2.87. The number of hydrogen-bond acceptors (Lipinski definition) is 7. The van der Waals surface area contributed by atoms with Gasteiger partial charge in [0.05, 0.1) is 17.6 Å². The van der Waals surface area contributed by atoms with Gasteiger partial charge in [-0.3, -0.25) is 9.59 Å². The number of ether oxygens (including phenoxy) is 1. The maximum Gasteiger partial charge on any atom is 0.356 e. The molecule has 1 heterocycles. The Morgan fingerprint density at radius 2 is 1.67 bits per heavy atom. The summed E-state index contributed by atoms with van der Waals surface area (Å²) in [4.78, 5) is 39.6. The number of nitrogens with zero attached hydrogens (tertiary/aromatic N) is 1. The van der Waals surface area contributed by atoms with Crippen molar-refractivity contribution in [1.82, 2.24) is 15.0 Å². The first-order chi connectivity index (χ1) is 15.8. The third kappa shape index (κ3) is 6.23. The van der Waals surface area contributed by atoms with E-state index < -0.39 is 21.9 Å². The molecule has 170 valence electrons. The van der Waals surface area contributed by atoms with Crippen molar-refractivity contribution in [1.29, 1.82) is 0 Å². The van der Waals surface area contributed by atoms with Crippen molar-refractivity contribution >= 4 is 27.8 Å². The SMILES string of the molecule is COC(=O)c1ccc(C(=O)NS(=O)(=O)c2cccc(CCNC(=O)c3ccccc3)c2)cn1. The van der Waals surface area contributed by atoms with Gasteiger partial charge in [0.15, 0.2) is 0 Å². The molecule has 1 aromatic heterocycles. The average Bonchev–Trinajstić information content (AvgIpc) is 2.84. The van der Waals surface area contributed by atoms with Gasteiger partial charge in [0.25, 0.3) is 21.8 Å². The summed E-state index contributed by atoms with van der Waals surface area (Å²) in [6.07, 6.45) is 1.48. The Hall–Kier alpha value is -4.05. The molecule has 0 fully saturated rings. The van der Waals surface area contributed by atoms with Gasteiger partial charge >= 0.3 is 5.97 Å². The normalized spacial score (nSPS) is 10.8. The van der Waals surface area contributed by atoms with E-state index in [4.69, 9.17) is 0 Å². The lowest BCUT2D eigenvalue weighted by Crippen LogP contribution is -2.31. The highest BCUT2D eigenvalue weighted by Crippen LogP contribution is 2.13. The molecule has 0 saturated carbocycles. The molecule has 0 spiro atoms. The van der Waals surface area contributed by atoms with Gasteiger partial charge in [0.1, 0.15) is 5.69 Å². The molecule has 0 aliphatic rings. The molecule has 0 aliphatic carbocycles. The average molecular weight is 468 g/mol. The molecule has 2 aromatic carbocycles. The van der Waals surface area contributed by atoms with E-state index >= 15 is 0 Å². The van der Waals surface area contributed by atoms with Gasteiger partial charge in [-0.15, -0.1) is 0 Å². The lowest BCUT2D eigenvalue weighted by molar-refractivity contribution is 0.0593. The molecule has 0 bridgehead atoms. The predicted octanol–water partition coefficient (Wildman–Crippen LogP) is 1.96. The number of methoxy groups -OCH3 is 1. The smallest absolute Gasteiger partial charge is 0.356 e. The Labute approximate surface area is 190 Å². The second-order valence-corrected chi connectivity index (χ2v) is 8.56. The van der Waals surface area contributed by atoms with E-state index in [-0.39, 0.29) is 22.1 Å². The van der Waals surface area contributed by atoms with Gasteiger partial charge in [-0.2, -0.15) is 0 Å². The fraction of sp³-hybridized carbons (Fsp3) is 0.130. The monoisotopic (exact) mass is 467 g/mol. The van der Waals surface area contributed by atoms with Gasteiger partial charge in [-0.05, 0) is 48.4 Å². The van der Waals surface area contributed by atoms with Crippen molar-refractivity contribution in [3.63, 3.8) is 0 Å². The number of benzene rings is 2. The van der Waals surface area contributed by atoms with E-state index in [1.807, 2.05) is 10.8 Å². The van der Waals surface area contributed by atoms with E-state index in [2.05, 4.69) is 15.0 Å². The number of amides is 2. The van der Waals surface area contributed by atoms with Crippen molar-refractivity contribution in [2.75, 3.05) is 13.7 Å². The summed E-state index contributed by atoms with van der Waals surface area (Å²) in [5.74, 6) is -1.79. The zero-order valence-electron chi connectivity index (χ0n) is 17.6. The summed E-state index contributed by atoms with van der Waals surface area (Å²) in [5, 5.41) is 2.78. The molecule has 3 rings (SSSR count). The van der Waals surface area contributed by atoms with Gasteiger partial charge in [-0.1, -0.05) is 30.3 Å². The van der Waals surface area contributed by atoms with Gasteiger partial charge in [0.2, 0.25) is 0 Å². The fourth-order valence-corrected chi connectivity index (χ4v) is 3.92. The molecule has 9 nitrogen and oxygen atoms in total. The number of sulfonamides is 1. The lowest BCUT2D eigenvalue weighted by Gasteiger charge is -2.09. The molecule has 0 radical (unpaired) electrons. The zero-order chi connectivity index (χ0) is 23.8. The van der Waals surface area contributed by atoms with Crippen LogP contribution in [0, 0.1) is 0 Å². The summed E-state index contributed by atoms with van der Waals surface area (Å²) in [6.45, 7) is 0.307. The molecule has 3 aromatic rings. The van der Waals surface area contributed by atoms with Crippen molar-refractivity contribution in [3.05, 3.63) is 95.3 Å². The Morgan fingerprint density at radius 3 is 2.33 bits per heavy atom. The molecule has 0 atom stereocenters. The standard InChI is InChI=1S/C23H21N3O6S/c1-32-23(29)20-11-10-18(15-25-20)22(28)26-33(30,31)19-9-5-6-16(14-19)12-13-24-21(27)17-7-3-2-4-8-17/h2-11,14-15H,12-13H2,1H3,(H,24,27)(H,26,28). The highest BCUT2D eigenvalue weighted by atomic mass is 32.2. The van der Waals surface area contributed by atoms with Gasteiger partial charge < -0.3 is 10.1 Å². The number of nitrogens with one attached hydrogen (secondary N) is 2. The first-order valence-corrected chi connectivity index (χ1v) is 11.3. The van der Waals surface area contributed by atoms with Crippen LogP contribution >= 0.6 is 0 Å².